The van der Waals surface area contributed by atoms with Crippen molar-refractivity contribution < 1.29 is 14.1 Å². The second-order valence-corrected chi connectivity index (χ2v) is 10.3. The molecular weight excluding hydrogens is 528 g/mol. The van der Waals surface area contributed by atoms with Gasteiger partial charge in [-0.15, -0.1) is 0 Å². The topological polar surface area (TPSA) is 96.6 Å². The molecule has 1 N–H and O–H groups in total. The quantitative estimate of drug-likeness (QED) is 0.211. The lowest BCUT2D eigenvalue weighted by Gasteiger charge is -2.35. The summed E-state index contributed by atoms with van der Waals surface area (Å²) in [5, 5.41) is 8.25. The number of piperazine rings is 1. The predicted molar refractivity (Wildman–Crippen MR) is 163 cm³/mol. The maximum atomic E-state index is 12.7. The summed E-state index contributed by atoms with van der Waals surface area (Å²) in [5.41, 5.74) is 3.05. The Balaban J connectivity index is 1.32. The highest BCUT2D eigenvalue weighted by atomic mass is 16.5. The molecule has 0 bridgehead atoms. The molecule has 2 amide bonds. The summed E-state index contributed by atoms with van der Waals surface area (Å²) in [6, 6.07) is 27.6. The van der Waals surface area contributed by atoms with Crippen molar-refractivity contribution in [1.82, 2.24) is 25.3 Å². The van der Waals surface area contributed by atoms with Gasteiger partial charge in [0.1, 0.15) is 34.2 Å². The van der Waals surface area contributed by atoms with E-state index in [9.17, 15) is 4.79 Å². The molecule has 5 aromatic rings. The van der Waals surface area contributed by atoms with Crippen LogP contribution in [0.5, 0.6) is 11.5 Å². The molecule has 3 heterocycles. The SMILES string of the molecule is CCCCNC(=O)N1CCN(c2nc(Cc3ccccc3)nc3onc(-c4cccc(Oc5ccccc5)c4)c23)CC1. The summed E-state index contributed by atoms with van der Waals surface area (Å²) in [5.74, 6) is 2.88. The number of urea groups is 1. The zero-order chi connectivity index (χ0) is 28.7. The molecule has 2 aromatic heterocycles. The Morgan fingerprint density at radius 3 is 2.40 bits per heavy atom. The van der Waals surface area contributed by atoms with Gasteiger partial charge in [0.2, 0.25) is 0 Å². The standard InChI is InChI=1S/C33H34N6O3/c1-2-3-17-34-33(40)39-20-18-38(19-21-39)31-29-30(25-13-10-16-27(23-25)41-26-14-8-5-9-15-26)37-42-32(29)36-28(35-31)22-24-11-6-4-7-12-24/h4-16,23H,2-3,17-22H2,1H3,(H,34,40). The maximum absolute atomic E-state index is 12.7. The van der Waals surface area contributed by atoms with E-state index in [-0.39, 0.29) is 6.03 Å². The van der Waals surface area contributed by atoms with E-state index in [4.69, 9.17) is 19.2 Å². The number of ether oxygens (including phenoxy) is 1. The van der Waals surface area contributed by atoms with Gasteiger partial charge in [-0.2, -0.15) is 4.98 Å². The summed E-state index contributed by atoms with van der Waals surface area (Å²) >= 11 is 0. The Bertz CT molecular complexity index is 1630. The van der Waals surface area contributed by atoms with Gasteiger partial charge < -0.3 is 24.4 Å². The number of para-hydroxylation sites is 1. The van der Waals surface area contributed by atoms with Crippen molar-refractivity contribution in [3.05, 3.63) is 96.3 Å². The minimum absolute atomic E-state index is 0.0124. The van der Waals surface area contributed by atoms with Gasteiger partial charge in [-0.05, 0) is 36.2 Å². The number of rotatable bonds is 9. The maximum Gasteiger partial charge on any atom is 0.317 e. The van der Waals surface area contributed by atoms with Crippen LogP contribution in [0.2, 0.25) is 0 Å². The molecule has 0 radical (unpaired) electrons. The summed E-state index contributed by atoms with van der Waals surface area (Å²) in [4.78, 5) is 26.6. The van der Waals surface area contributed by atoms with E-state index in [1.54, 1.807) is 0 Å². The van der Waals surface area contributed by atoms with Crippen LogP contribution in [0, 0.1) is 0 Å². The Kier molecular flexibility index (Phi) is 8.26. The Morgan fingerprint density at radius 2 is 1.64 bits per heavy atom. The predicted octanol–water partition coefficient (Wildman–Crippen LogP) is 6.30. The number of unbranched alkanes of at least 4 members (excludes halogenated alkanes) is 1. The highest BCUT2D eigenvalue weighted by molar-refractivity contribution is 5.98. The zero-order valence-corrected chi connectivity index (χ0v) is 23.7. The minimum Gasteiger partial charge on any atom is -0.457 e. The summed E-state index contributed by atoms with van der Waals surface area (Å²) < 4.78 is 11.9. The number of amides is 2. The van der Waals surface area contributed by atoms with Gasteiger partial charge in [0.05, 0.1) is 0 Å². The molecular formula is C33H34N6O3. The molecule has 214 valence electrons. The molecule has 6 rings (SSSR count). The van der Waals surface area contributed by atoms with Crippen molar-refractivity contribution in [2.75, 3.05) is 37.6 Å². The number of fused-ring (bicyclic) bond motifs is 1. The summed E-state index contributed by atoms with van der Waals surface area (Å²) in [7, 11) is 0. The first-order chi connectivity index (χ1) is 20.7. The summed E-state index contributed by atoms with van der Waals surface area (Å²) in [6.45, 7) is 5.28. The molecule has 1 fully saturated rings. The number of anilines is 1. The highest BCUT2D eigenvalue weighted by Crippen LogP contribution is 2.36. The first kappa shape index (κ1) is 27.3. The average molecular weight is 563 g/mol. The molecule has 9 nitrogen and oxygen atoms in total. The molecule has 3 aromatic carbocycles. The second kappa shape index (κ2) is 12.7. The lowest BCUT2D eigenvalue weighted by atomic mass is 10.1. The van der Waals surface area contributed by atoms with Crippen molar-refractivity contribution in [3.63, 3.8) is 0 Å². The van der Waals surface area contributed by atoms with E-state index in [0.29, 0.717) is 62.1 Å². The monoisotopic (exact) mass is 562 g/mol. The lowest BCUT2D eigenvalue weighted by Crippen LogP contribution is -2.52. The van der Waals surface area contributed by atoms with Crippen LogP contribution in [0.25, 0.3) is 22.4 Å². The fourth-order valence-electron chi connectivity index (χ4n) is 5.10. The van der Waals surface area contributed by atoms with Crippen molar-refractivity contribution in [1.29, 1.82) is 0 Å². The second-order valence-electron chi connectivity index (χ2n) is 10.3. The largest absolute Gasteiger partial charge is 0.457 e. The van der Waals surface area contributed by atoms with E-state index in [1.807, 2.05) is 77.7 Å². The van der Waals surface area contributed by atoms with E-state index >= 15 is 0 Å². The van der Waals surface area contributed by atoms with E-state index < -0.39 is 0 Å². The number of aromatic nitrogens is 3. The molecule has 1 aliphatic heterocycles. The van der Waals surface area contributed by atoms with E-state index in [1.165, 1.54) is 0 Å². The molecule has 0 saturated carbocycles. The zero-order valence-electron chi connectivity index (χ0n) is 23.7. The van der Waals surface area contributed by atoms with E-state index in [2.05, 4.69) is 34.4 Å². The van der Waals surface area contributed by atoms with Crippen LogP contribution < -0.4 is 15.0 Å². The van der Waals surface area contributed by atoms with Crippen molar-refractivity contribution in [3.8, 4) is 22.8 Å². The number of carbonyl (C=O) groups excluding carboxylic acids is 1. The van der Waals surface area contributed by atoms with Gasteiger partial charge in [-0.25, -0.2) is 9.78 Å². The molecule has 1 aliphatic rings. The third-order valence-electron chi connectivity index (χ3n) is 7.33. The Morgan fingerprint density at radius 1 is 0.905 bits per heavy atom. The van der Waals surface area contributed by atoms with Gasteiger partial charge in [0.25, 0.3) is 5.71 Å². The third kappa shape index (κ3) is 6.20. The van der Waals surface area contributed by atoms with E-state index in [0.717, 1.165) is 40.9 Å². The highest BCUT2D eigenvalue weighted by Gasteiger charge is 2.27. The van der Waals surface area contributed by atoms with Crippen LogP contribution in [0.3, 0.4) is 0 Å². The Hall–Kier alpha value is -4.92. The molecule has 0 spiro atoms. The molecule has 0 aliphatic carbocycles. The fourth-order valence-corrected chi connectivity index (χ4v) is 5.10. The molecule has 0 unspecified atom stereocenters. The van der Waals surface area contributed by atoms with Gasteiger partial charge in [0, 0.05) is 44.7 Å². The fraction of sp³-hybridized carbons (Fsp3) is 0.273. The molecule has 42 heavy (non-hydrogen) atoms. The molecule has 1 saturated heterocycles. The number of hydrogen-bond acceptors (Lipinski definition) is 7. The van der Waals surface area contributed by atoms with Gasteiger partial charge >= 0.3 is 6.03 Å². The van der Waals surface area contributed by atoms with Crippen LogP contribution in [0.1, 0.15) is 31.2 Å². The third-order valence-corrected chi connectivity index (χ3v) is 7.33. The van der Waals surface area contributed by atoms with Crippen LogP contribution in [-0.2, 0) is 6.42 Å². The summed E-state index contributed by atoms with van der Waals surface area (Å²) in [6.07, 6.45) is 2.59. The van der Waals surface area contributed by atoms with Crippen LogP contribution in [0.15, 0.2) is 89.5 Å². The number of nitrogens with zero attached hydrogens (tertiary/aromatic N) is 5. The minimum atomic E-state index is -0.0124. The number of carbonyl (C=O) groups is 1. The van der Waals surface area contributed by atoms with Gasteiger partial charge in [-0.1, -0.05) is 79.2 Å². The number of benzene rings is 3. The van der Waals surface area contributed by atoms with Crippen molar-refractivity contribution in [2.45, 2.75) is 26.2 Å². The number of nitrogens with one attached hydrogen (secondary N) is 1. The molecule has 0 atom stereocenters. The average Bonchev–Trinajstić information content (AvgIpc) is 3.46. The Labute approximate surface area is 245 Å². The van der Waals surface area contributed by atoms with Gasteiger partial charge in [-0.3, -0.25) is 0 Å². The first-order valence-corrected chi connectivity index (χ1v) is 14.5. The van der Waals surface area contributed by atoms with Crippen LogP contribution in [0.4, 0.5) is 10.6 Å². The smallest absolute Gasteiger partial charge is 0.317 e. The van der Waals surface area contributed by atoms with Crippen LogP contribution in [-0.4, -0.2) is 58.8 Å². The van der Waals surface area contributed by atoms with Crippen LogP contribution >= 0.6 is 0 Å². The number of hydrogen-bond donors (Lipinski definition) is 1. The first-order valence-electron chi connectivity index (χ1n) is 14.5. The van der Waals surface area contributed by atoms with Gasteiger partial charge in [0.15, 0.2) is 0 Å². The molecule has 9 heteroatoms. The van der Waals surface area contributed by atoms with Crippen molar-refractivity contribution in [2.24, 2.45) is 0 Å². The normalized spacial score (nSPS) is 13.4. The lowest BCUT2D eigenvalue weighted by molar-refractivity contribution is 0.194. The van der Waals surface area contributed by atoms with Crippen molar-refractivity contribution >= 4 is 22.9 Å².